The number of aromatic nitrogens is 1. The number of pyridine rings is 1. The summed E-state index contributed by atoms with van der Waals surface area (Å²) in [5.74, 6) is -0.527. The van der Waals surface area contributed by atoms with Gasteiger partial charge in [0.05, 0.1) is 136 Å². The van der Waals surface area contributed by atoms with Crippen molar-refractivity contribution in [3.05, 3.63) is 113 Å². The Morgan fingerprint density at radius 2 is 1.07 bits per heavy atom. The van der Waals surface area contributed by atoms with E-state index in [-0.39, 0.29) is 24.8 Å². The third-order valence-electron chi connectivity index (χ3n) is 11.2. The van der Waals surface area contributed by atoms with Crippen LogP contribution in [0.15, 0.2) is 85.1 Å². The third kappa shape index (κ3) is 27.3. The summed E-state index contributed by atoms with van der Waals surface area (Å²) in [6.07, 6.45) is -0.985. The lowest BCUT2D eigenvalue weighted by molar-refractivity contribution is -0.156. The molecule has 76 heavy (non-hydrogen) atoms. The fourth-order valence-electron chi connectivity index (χ4n) is 7.43. The molecule has 0 fully saturated rings. The van der Waals surface area contributed by atoms with Gasteiger partial charge in [0.2, 0.25) is 0 Å². The maximum absolute atomic E-state index is 13.7. The van der Waals surface area contributed by atoms with Gasteiger partial charge in [0.15, 0.2) is 0 Å². The lowest BCUT2D eigenvalue weighted by atomic mass is 10.0. The average Bonchev–Trinajstić information content (AvgIpc) is 3.39. The normalized spacial score (nSPS) is 11.8. The van der Waals surface area contributed by atoms with Crippen molar-refractivity contribution in [1.29, 1.82) is 0 Å². The van der Waals surface area contributed by atoms with E-state index in [2.05, 4.69) is 34.4 Å². The molecule has 4 aromatic rings. The summed E-state index contributed by atoms with van der Waals surface area (Å²) in [6, 6.07) is 22.6. The molecule has 422 valence electrons. The number of hydrogen-bond donors (Lipinski definition) is 2. The minimum absolute atomic E-state index is 0.216. The van der Waals surface area contributed by atoms with Crippen LogP contribution in [0, 0.1) is 0 Å². The number of amides is 1. The van der Waals surface area contributed by atoms with Crippen molar-refractivity contribution in [3.63, 3.8) is 0 Å². The Bertz CT molecular complexity index is 2230. The Kier molecular flexibility index (Phi) is 30.8. The van der Waals surface area contributed by atoms with Crippen molar-refractivity contribution in [3.8, 4) is 11.3 Å². The molecular formula is C57H81F3N4O12. The first kappa shape index (κ1) is 63.5. The Hall–Kier alpha value is -5.06. The lowest BCUT2D eigenvalue weighted by Crippen LogP contribution is -2.24. The minimum Gasteiger partial charge on any atom is -0.460 e. The number of carbonyl (C=O) groups is 2. The topological polar surface area (TPSA) is 167 Å². The van der Waals surface area contributed by atoms with Gasteiger partial charge in [0.1, 0.15) is 5.60 Å². The highest BCUT2D eigenvalue weighted by molar-refractivity contribution is 6.06. The van der Waals surface area contributed by atoms with Crippen molar-refractivity contribution in [2.45, 2.75) is 78.7 Å². The number of nitrogens with one attached hydrogen (secondary N) is 2. The number of halogens is 3. The van der Waals surface area contributed by atoms with Crippen LogP contribution in [0.2, 0.25) is 0 Å². The number of hydrogen-bond acceptors (Lipinski definition) is 15. The zero-order valence-electron chi connectivity index (χ0n) is 45.2. The number of benzene rings is 3. The molecule has 1 amide bonds. The van der Waals surface area contributed by atoms with E-state index < -0.39 is 17.3 Å². The first-order valence-electron chi connectivity index (χ1n) is 26.3. The number of ether oxygens (including phenoxy) is 10. The molecule has 0 unspecified atom stereocenters. The molecule has 1 aromatic heterocycles. The van der Waals surface area contributed by atoms with Gasteiger partial charge in [0, 0.05) is 55.8 Å². The Labute approximate surface area is 447 Å². The van der Waals surface area contributed by atoms with E-state index in [1.165, 1.54) is 6.07 Å². The summed E-state index contributed by atoms with van der Waals surface area (Å²) < 4.78 is 94.9. The van der Waals surface area contributed by atoms with Gasteiger partial charge in [0.25, 0.3) is 5.91 Å². The van der Waals surface area contributed by atoms with E-state index in [9.17, 15) is 22.8 Å². The van der Waals surface area contributed by atoms with Gasteiger partial charge < -0.3 is 62.9 Å². The number of esters is 1. The van der Waals surface area contributed by atoms with Gasteiger partial charge in [-0.05, 0) is 113 Å². The van der Waals surface area contributed by atoms with Gasteiger partial charge in [-0.1, -0.05) is 30.3 Å². The van der Waals surface area contributed by atoms with Crippen LogP contribution in [0.4, 0.5) is 24.5 Å². The molecule has 0 saturated heterocycles. The van der Waals surface area contributed by atoms with E-state index in [4.69, 9.17) is 47.4 Å². The van der Waals surface area contributed by atoms with Gasteiger partial charge in [-0.2, -0.15) is 13.2 Å². The summed E-state index contributed by atoms with van der Waals surface area (Å²) >= 11 is 0. The second-order valence-electron chi connectivity index (χ2n) is 18.4. The Morgan fingerprint density at radius 3 is 1.59 bits per heavy atom. The molecule has 0 bridgehead atoms. The highest BCUT2D eigenvalue weighted by Gasteiger charge is 2.30. The highest BCUT2D eigenvalue weighted by atomic mass is 19.4. The van der Waals surface area contributed by atoms with Gasteiger partial charge in [-0.3, -0.25) is 14.6 Å². The van der Waals surface area contributed by atoms with E-state index in [0.29, 0.717) is 148 Å². The minimum atomic E-state index is -4.40. The largest absolute Gasteiger partial charge is 0.460 e. The van der Waals surface area contributed by atoms with Crippen molar-refractivity contribution in [2.75, 3.05) is 142 Å². The van der Waals surface area contributed by atoms with Crippen molar-refractivity contribution in [2.24, 2.45) is 0 Å². The first-order chi connectivity index (χ1) is 36.8. The van der Waals surface area contributed by atoms with Crippen molar-refractivity contribution >= 4 is 23.3 Å². The van der Waals surface area contributed by atoms with E-state index in [1.807, 2.05) is 69.3 Å². The standard InChI is InChI=1S/C57H81F3N4O12/c1-6-64(7-2)50-16-17-52(51(42-50)53-41-47(18-20-62-53)44-61-43-46-12-9-15-49(40-46)57(58,59)60)63-55(66)48-14-8-11-45(39-48)13-10-21-67-23-25-69-27-29-71-31-33-73-35-37-75-38-36-74-34-32-72-30-28-70-26-24-68-22-19-54(65)76-56(3,4)5/h8-9,11-12,14-18,20,39-42,61H,6-7,10,13,19,21-38,43-44H2,1-5H3,(H,63,66). The zero-order valence-corrected chi connectivity index (χ0v) is 45.2. The van der Waals surface area contributed by atoms with Crippen LogP contribution >= 0.6 is 0 Å². The molecule has 0 saturated carbocycles. The Morgan fingerprint density at radius 1 is 0.566 bits per heavy atom. The maximum Gasteiger partial charge on any atom is 0.416 e. The predicted molar refractivity (Wildman–Crippen MR) is 286 cm³/mol. The summed E-state index contributed by atoms with van der Waals surface area (Å²) in [5.41, 5.74) is 4.80. The van der Waals surface area contributed by atoms with Crippen LogP contribution in [0.25, 0.3) is 11.3 Å². The molecule has 0 aliphatic heterocycles. The zero-order chi connectivity index (χ0) is 54.7. The molecular weight excluding hydrogens is 990 g/mol. The molecule has 0 spiro atoms. The van der Waals surface area contributed by atoms with Gasteiger partial charge in [-0.15, -0.1) is 0 Å². The summed E-state index contributed by atoms with van der Waals surface area (Å²) in [7, 11) is 0. The predicted octanol–water partition coefficient (Wildman–Crippen LogP) is 8.97. The van der Waals surface area contributed by atoms with Crippen LogP contribution in [0.5, 0.6) is 0 Å². The number of rotatable bonds is 41. The van der Waals surface area contributed by atoms with Gasteiger partial charge in [-0.25, -0.2) is 0 Å². The molecule has 3 aromatic carbocycles. The van der Waals surface area contributed by atoms with Crippen LogP contribution in [0.1, 0.15) is 80.1 Å². The van der Waals surface area contributed by atoms with Crippen LogP contribution in [-0.2, 0) is 77.8 Å². The quantitative estimate of drug-likeness (QED) is 0.0319. The fourth-order valence-corrected chi connectivity index (χ4v) is 7.43. The molecule has 2 N–H and O–H groups in total. The van der Waals surface area contributed by atoms with E-state index >= 15 is 0 Å². The number of alkyl halides is 3. The average molecular weight is 1070 g/mol. The number of nitrogens with zero attached hydrogens (tertiary/aromatic N) is 2. The fraction of sp³-hybridized carbons (Fsp3) is 0.561. The number of carbonyl (C=O) groups excluding carboxylic acids is 2. The number of anilines is 2. The van der Waals surface area contributed by atoms with Crippen LogP contribution in [0.3, 0.4) is 0 Å². The molecule has 16 nitrogen and oxygen atoms in total. The van der Waals surface area contributed by atoms with Crippen LogP contribution < -0.4 is 15.5 Å². The lowest BCUT2D eigenvalue weighted by Gasteiger charge is -2.23. The van der Waals surface area contributed by atoms with Crippen LogP contribution in [-0.4, -0.2) is 154 Å². The molecule has 0 aliphatic rings. The first-order valence-corrected chi connectivity index (χ1v) is 26.3. The highest BCUT2D eigenvalue weighted by Crippen LogP contribution is 2.33. The molecule has 0 aliphatic carbocycles. The number of aryl methyl sites for hydroxylation is 1. The van der Waals surface area contributed by atoms with E-state index in [1.54, 1.807) is 18.3 Å². The smallest absolute Gasteiger partial charge is 0.416 e. The second-order valence-corrected chi connectivity index (χ2v) is 18.4. The molecule has 19 heteroatoms. The third-order valence-corrected chi connectivity index (χ3v) is 11.2. The van der Waals surface area contributed by atoms with Gasteiger partial charge >= 0.3 is 12.1 Å². The molecule has 0 atom stereocenters. The molecule has 1 heterocycles. The summed E-state index contributed by atoms with van der Waals surface area (Å²) in [6.45, 7) is 20.0. The van der Waals surface area contributed by atoms with E-state index in [0.717, 1.165) is 60.4 Å². The summed E-state index contributed by atoms with van der Waals surface area (Å²) in [5, 5.41) is 6.37. The molecule has 0 radical (unpaired) electrons. The maximum atomic E-state index is 13.7. The SMILES string of the molecule is CCN(CC)c1ccc(NC(=O)c2cccc(CCCOCCOCCOCCOCCOCCOCCOCCOCCOCCC(=O)OC(C)(C)C)c2)c(-c2cc(CNCc3cccc(C(F)(F)F)c3)ccn2)c1. The monoisotopic (exact) mass is 1070 g/mol. The van der Waals surface area contributed by atoms with Crippen molar-refractivity contribution < 1.29 is 70.1 Å². The Balaban J connectivity index is 0.999. The second kappa shape index (κ2) is 36.9. The van der Waals surface area contributed by atoms with Crippen molar-refractivity contribution in [1.82, 2.24) is 10.3 Å². The summed E-state index contributed by atoms with van der Waals surface area (Å²) in [4.78, 5) is 32.3. The molecule has 4 rings (SSSR count).